The Morgan fingerprint density at radius 3 is 1.90 bits per heavy atom. The van der Waals surface area contributed by atoms with Crippen LogP contribution in [-0.4, -0.2) is 25.7 Å². The molecule has 0 fully saturated rings. The van der Waals surface area contributed by atoms with Gasteiger partial charge in [-0.3, -0.25) is 4.79 Å². The predicted molar refractivity (Wildman–Crippen MR) is 90.6 cm³/mol. The molecule has 3 heteroatoms. The molecule has 0 amide bonds. The average molecular weight is 299 g/mol. The van der Waals surface area contributed by atoms with Gasteiger partial charge in [0.05, 0.1) is 13.0 Å². The number of carbonyl (C=O) groups excluding carboxylic acids is 1. The van der Waals surface area contributed by atoms with Crippen LogP contribution in [0.3, 0.4) is 0 Å². The van der Waals surface area contributed by atoms with Crippen molar-refractivity contribution in [1.82, 2.24) is 5.32 Å². The largest absolute Gasteiger partial charge is 0.466 e. The Hall–Kier alpha value is -0.570. The van der Waals surface area contributed by atoms with Gasteiger partial charge in [0, 0.05) is 6.54 Å². The summed E-state index contributed by atoms with van der Waals surface area (Å²) in [4.78, 5) is 11.4. The highest BCUT2D eigenvalue weighted by Gasteiger charge is 2.01. The molecule has 0 rings (SSSR count). The first kappa shape index (κ1) is 20.4. The molecule has 126 valence electrons. The van der Waals surface area contributed by atoms with Crippen LogP contribution in [0.25, 0.3) is 0 Å². The molecular weight excluding hydrogens is 262 g/mol. The minimum absolute atomic E-state index is 0.0606. The van der Waals surface area contributed by atoms with Crippen molar-refractivity contribution in [3.05, 3.63) is 0 Å². The Kier molecular flexibility index (Phi) is 17.0. The highest BCUT2D eigenvalue weighted by atomic mass is 16.5. The van der Waals surface area contributed by atoms with Crippen LogP contribution in [0.5, 0.6) is 0 Å². The maximum absolute atomic E-state index is 11.4. The lowest BCUT2D eigenvalue weighted by Gasteiger charge is -2.06. The van der Waals surface area contributed by atoms with Gasteiger partial charge in [-0.1, -0.05) is 71.6 Å². The third kappa shape index (κ3) is 17.4. The lowest BCUT2D eigenvalue weighted by Crippen LogP contribution is -2.20. The van der Waals surface area contributed by atoms with Crippen molar-refractivity contribution in [2.75, 3.05) is 19.7 Å². The smallest absolute Gasteiger partial charge is 0.307 e. The van der Waals surface area contributed by atoms with Gasteiger partial charge in [-0.05, 0) is 19.4 Å². The van der Waals surface area contributed by atoms with Gasteiger partial charge >= 0.3 is 5.97 Å². The molecule has 0 atom stereocenters. The number of nitrogens with one attached hydrogen (secondary N) is 1. The first-order valence-electron chi connectivity index (χ1n) is 9.17. The quantitative estimate of drug-likeness (QED) is 0.327. The van der Waals surface area contributed by atoms with Crippen LogP contribution in [0.4, 0.5) is 0 Å². The van der Waals surface area contributed by atoms with E-state index in [2.05, 4.69) is 19.2 Å². The predicted octanol–water partition coefficient (Wildman–Crippen LogP) is 4.84. The first-order valence-corrected chi connectivity index (χ1v) is 9.17. The second kappa shape index (κ2) is 17.5. The van der Waals surface area contributed by atoms with E-state index >= 15 is 0 Å². The summed E-state index contributed by atoms with van der Waals surface area (Å²) in [6.45, 7) is 6.70. The molecular formula is C18H37NO2. The molecule has 3 nitrogen and oxygen atoms in total. The second-order valence-electron chi connectivity index (χ2n) is 5.90. The van der Waals surface area contributed by atoms with E-state index in [0.717, 1.165) is 25.9 Å². The zero-order valence-electron chi connectivity index (χ0n) is 14.4. The molecule has 0 spiro atoms. The lowest BCUT2D eigenvalue weighted by molar-refractivity contribution is -0.143. The fraction of sp³-hybridized carbons (Fsp3) is 0.944. The fourth-order valence-electron chi connectivity index (χ4n) is 2.34. The fourth-order valence-corrected chi connectivity index (χ4v) is 2.34. The molecule has 0 saturated carbocycles. The molecule has 0 bridgehead atoms. The summed E-state index contributed by atoms with van der Waals surface area (Å²) in [6, 6.07) is 0. The van der Waals surface area contributed by atoms with Gasteiger partial charge in [-0.2, -0.15) is 0 Å². The molecule has 0 heterocycles. The van der Waals surface area contributed by atoms with Gasteiger partial charge in [-0.25, -0.2) is 0 Å². The summed E-state index contributed by atoms with van der Waals surface area (Å²) >= 11 is 0. The summed E-state index contributed by atoms with van der Waals surface area (Å²) in [7, 11) is 0. The molecule has 0 saturated heterocycles. The van der Waals surface area contributed by atoms with Crippen LogP contribution in [0.2, 0.25) is 0 Å². The second-order valence-corrected chi connectivity index (χ2v) is 5.90. The van der Waals surface area contributed by atoms with Crippen LogP contribution in [-0.2, 0) is 9.53 Å². The molecule has 0 radical (unpaired) electrons. The maximum Gasteiger partial charge on any atom is 0.307 e. The van der Waals surface area contributed by atoms with Gasteiger partial charge in [0.15, 0.2) is 0 Å². The van der Waals surface area contributed by atoms with Crippen molar-refractivity contribution in [1.29, 1.82) is 0 Å². The summed E-state index contributed by atoms with van der Waals surface area (Å²) < 4.78 is 5.22. The van der Waals surface area contributed by atoms with Crippen molar-refractivity contribution in [2.24, 2.45) is 0 Å². The van der Waals surface area contributed by atoms with E-state index in [0.29, 0.717) is 13.0 Å². The number of hydrogen-bond donors (Lipinski definition) is 1. The third-order valence-corrected chi connectivity index (χ3v) is 3.69. The van der Waals surface area contributed by atoms with E-state index in [1.807, 2.05) is 0 Å². The number of carbonyl (C=O) groups is 1. The summed E-state index contributed by atoms with van der Waals surface area (Å²) in [5, 5.41) is 3.21. The van der Waals surface area contributed by atoms with Gasteiger partial charge in [0.2, 0.25) is 0 Å². The highest BCUT2D eigenvalue weighted by molar-refractivity contribution is 5.69. The van der Waals surface area contributed by atoms with Crippen LogP contribution >= 0.6 is 0 Å². The molecule has 21 heavy (non-hydrogen) atoms. The molecule has 0 aliphatic carbocycles. The minimum Gasteiger partial charge on any atom is -0.466 e. The van der Waals surface area contributed by atoms with E-state index in [4.69, 9.17) is 4.74 Å². The zero-order chi connectivity index (χ0) is 15.6. The molecule has 0 aromatic rings. The van der Waals surface area contributed by atoms with E-state index in [-0.39, 0.29) is 5.97 Å². The lowest BCUT2D eigenvalue weighted by atomic mass is 10.1. The van der Waals surface area contributed by atoms with Gasteiger partial charge in [-0.15, -0.1) is 0 Å². The number of unbranched alkanes of at least 4 members (excludes halogenated alkanes) is 9. The third-order valence-electron chi connectivity index (χ3n) is 3.69. The SMILES string of the molecule is CCCCCCCCCCCCOC(=O)CCNCCC. The van der Waals surface area contributed by atoms with Gasteiger partial charge in [0.25, 0.3) is 0 Å². The molecule has 0 unspecified atom stereocenters. The molecule has 0 aromatic heterocycles. The van der Waals surface area contributed by atoms with Crippen molar-refractivity contribution < 1.29 is 9.53 Å². The highest BCUT2D eigenvalue weighted by Crippen LogP contribution is 2.10. The van der Waals surface area contributed by atoms with E-state index in [9.17, 15) is 4.79 Å². The zero-order valence-corrected chi connectivity index (χ0v) is 14.4. The van der Waals surface area contributed by atoms with Gasteiger partial charge < -0.3 is 10.1 Å². The van der Waals surface area contributed by atoms with Crippen LogP contribution in [0.1, 0.15) is 90.9 Å². The molecule has 0 aromatic carbocycles. The Balaban J connectivity index is 3.09. The normalized spacial score (nSPS) is 10.8. The molecule has 0 aliphatic heterocycles. The molecule has 0 aliphatic rings. The number of ether oxygens (including phenoxy) is 1. The Morgan fingerprint density at radius 2 is 1.33 bits per heavy atom. The van der Waals surface area contributed by atoms with Crippen LogP contribution in [0.15, 0.2) is 0 Å². The molecule has 1 N–H and O–H groups in total. The van der Waals surface area contributed by atoms with Crippen molar-refractivity contribution in [3.63, 3.8) is 0 Å². The summed E-state index contributed by atoms with van der Waals surface area (Å²) in [6.07, 6.45) is 14.7. The number of rotatable bonds is 16. The number of esters is 1. The van der Waals surface area contributed by atoms with E-state index < -0.39 is 0 Å². The van der Waals surface area contributed by atoms with E-state index in [1.54, 1.807) is 0 Å². The average Bonchev–Trinajstić information content (AvgIpc) is 2.49. The monoisotopic (exact) mass is 299 g/mol. The Bertz CT molecular complexity index is 219. The van der Waals surface area contributed by atoms with Gasteiger partial charge in [0.1, 0.15) is 0 Å². The minimum atomic E-state index is -0.0606. The number of hydrogen-bond acceptors (Lipinski definition) is 3. The van der Waals surface area contributed by atoms with Crippen molar-refractivity contribution in [2.45, 2.75) is 90.9 Å². The summed E-state index contributed by atoms with van der Waals surface area (Å²) in [5.74, 6) is -0.0606. The topological polar surface area (TPSA) is 38.3 Å². The Morgan fingerprint density at radius 1 is 0.762 bits per heavy atom. The van der Waals surface area contributed by atoms with Crippen LogP contribution < -0.4 is 5.32 Å². The Labute approximate surface area is 132 Å². The maximum atomic E-state index is 11.4. The van der Waals surface area contributed by atoms with Crippen LogP contribution in [0, 0.1) is 0 Å². The standard InChI is InChI=1S/C18H37NO2/c1-3-5-6-7-8-9-10-11-12-13-17-21-18(20)14-16-19-15-4-2/h19H,3-17H2,1-2H3. The first-order chi connectivity index (χ1) is 10.3. The van der Waals surface area contributed by atoms with E-state index in [1.165, 1.54) is 57.8 Å². The van der Waals surface area contributed by atoms with Crippen molar-refractivity contribution >= 4 is 5.97 Å². The van der Waals surface area contributed by atoms with Crippen molar-refractivity contribution in [3.8, 4) is 0 Å². The summed E-state index contributed by atoms with van der Waals surface area (Å²) in [5.41, 5.74) is 0.